The van der Waals surface area contributed by atoms with Crippen molar-refractivity contribution in [3.63, 3.8) is 0 Å². The van der Waals surface area contributed by atoms with Crippen LogP contribution in [0.25, 0.3) is 0 Å². The summed E-state index contributed by atoms with van der Waals surface area (Å²) in [6.45, 7) is 6.36. The van der Waals surface area contributed by atoms with Crippen molar-refractivity contribution in [3.05, 3.63) is 22.6 Å². The summed E-state index contributed by atoms with van der Waals surface area (Å²) in [7, 11) is 0. The molecule has 3 N–H and O–H groups in total. The van der Waals surface area contributed by atoms with Crippen molar-refractivity contribution in [2.75, 3.05) is 6.61 Å². The molecule has 4 unspecified atom stereocenters. The Hall–Kier alpha value is -1.33. The summed E-state index contributed by atoms with van der Waals surface area (Å²) in [5.74, 6) is 1.73. The van der Waals surface area contributed by atoms with E-state index >= 15 is 0 Å². The highest BCUT2D eigenvalue weighted by Crippen LogP contribution is 2.37. The van der Waals surface area contributed by atoms with E-state index in [-0.39, 0.29) is 24.1 Å². The van der Waals surface area contributed by atoms with Gasteiger partial charge in [0.2, 0.25) is 0 Å². The lowest BCUT2D eigenvalue weighted by atomic mass is 9.68. The molecule has 0 spiro atoms. The van der Waals surface area contributed by atoms with Gasteiger partial charge in [-0.1, -0.05) is 0 Å². The van der Waals surface area contributed by atoms with Crippen LogP contribution in [0.15, 0.2) is 4.42 Å². The fourth-order valence-corrected chi connectivity index (χ4v) is 3.48. The van der Waals surface area contributed by atoms with Crippen molar-refractivity contribution >= 4 is 5.91 Å². The van der Waals surface area contributed by atoms with E-state index in [9.17, 15) is 4.79 Å². The van der Waals surface area contributed by atoms with Crippen LogP contribution in [0.3, 0.4) is 0 Å². The van der Waals surface area contributed by atoms with E-state index in [1.807, 2.05) is 20.8 Å². The third-order valence-corrected chi connectivity index (χ3v) is 4.76. The Kier molecular flexibility index (Phi) is 3.34. The van der Waals surface area contributed by atoms with Gasteiger partial charge in [-0.15, -0.1) is 0 Å². The lowest BCUT2D eigenvalue weighted by Gasteiger charge is -2.52. The molecule has 5 nitrogen and oxygen atoms in total. The molecule has 1 aliphatic carbocycles. The van der Waals surface area contributed by atoms with Crippen LogP contribution >= 0.6 is 0 Å². The van der Waals surface area contributed by atoms with Crippen LogP contribution in [0.4, 0.5) is 0 Å². The number of carbonyl (C=O) groups excluding carboxylic acids is 1. The summed E-state index contributed by atoms with van der Waals surface area (Å²) in [6, 6.07) is -0.0836. The Morgan fingerprint density at radius 1 is 1.30 bits per heavy atom. The molecule has 2 fully saturated rings. The number of nitrogens with one attached hydrogen (secondary N) is 1. The maximum Gasteiger partial charge on any atom is 0.255 e. The molecular formula is C15H22N2O3. The zero-order valence-electron chi connectivity index (χ0n) is 12.2. The molecule has 1 aromatic heterocycles. The molecule has 0 aromatic carbocycles. The van der Waals surface area contributed by atoms with E-state index in [2.05, 4.69) is 5.32 Å². The van der Waals surface area contributed by atoms with Crippen molar-refractivity contribution < 1.29 is 13.9 Å². The summed E-state index contributed by atoms with van der Waals surface area (Å²) >= 11 is 0. The minimum Gasteiger partial charge on any atom is -0.466 e. The summed E-state index contributed by atoms with van der Waals surface area (Å²) in [4.78, 5) is 12.4. The van der Waals surface area contributed by atoms with Crippen LogP contribution < -0.4 is 11.1 Å². The first-order valence-corrected chi connectivity index (χ1v) is 7.25. The second-order valence-corrected chi connectivity index (χ2v) is 5.93. The highest BCUT2D eigenvalue weighted by molar-refractivity contribution is 5.97. The van der Waals surface area contributed by atoms with Gasteiger partial charge in [-0.2, -0.15) is 0 Å². The number of aryl methyl sites for hydroxylation is 2. The highest BCUT2D eigenvalue weighted by Gasteiger charge is 2.51. The van der Waals surface area contributed by atoms with Gasteiger partial charge >= 0.3 is 0 Å². The molecule has 0 bridgehead atoms. The lowest BCUT2D eigenvalue weighted by molar-refractivity contribution is -0.117. The number of ether oxygens (including phenoxy) is 1. The topological polar surface area (TPSA) is 77.5 Å². The molecule has 0 radical (unpaired) electrons. The summed E-state index contributed by atoms with van der Waals surface area (Å²) in [5, 5.41) is 3.03. The van der Waals surface area contributed by atoms with Crippen LogP contribution in [0, 0.1) is 26.7 Å². The maximum absolute atomic E-state index is 12.4. The fraction of sp³-hybridized carbons (Fsp3) is 0.667. The average Bonchev–Trinajstić information content (AvgIpc) is 2.69. The van der Waals surface area contributed by atoms with Crippen molar-refractivity contribution in [1.82, 2.24) is 5.32 Å². The Bertz CT molecular complexity index is 537. The molecule has 3 rings (SSSR count). The van der Waals surface area contributed by atoms with Crippen LogP contribution in [-0.2, 0) is 4.74 Å². The Labute approximate surface area is 118 Å². The van der Waals surface area contributed by atoms with Crippen molar-refractivity contribution in [1.29, 1.82) is 0 Å². The number of carbonyl (C=O) groups is 1. The Morgan fingerprint density at radius 3 is 2.70 bits per heavy atom. The first kappa shape index (κ1) is 13.6. The minimum absolute atomic E-state index is 0.00198. The van der Waals surface area contributed by atoms with Gasteiger partial charge < -0.3 is 20.2 Å². The predicted octanol–water partition coefficient (Wildman–Crippen LogP) is 1.44. The van der Waals surface area contributed by atoms with Gasteiger partial charge in [0.1, 0.15) is 11.5 Å². The van der Waals surface area contributed by atoms with Gasteiger partial charge in [-0.05, 0) is 33.6 Å². The minimum atomic E-state index is -0.107. The zero-order chi connectivity index (χ0) is 14.4. The number of fused-ring (bicyclic) bond motifs is 1. The fourth-order valence-electron chi connectivity index (χ4n) is 3.48. The van der Waals surface area contributed by atoms with Gasteiger partial charge in [0, 0.05) is 24.1 Å². The van der Waals surface area contributed by atoms with Gasteiger partial charge in [0.15, 0.2) is 0 Å². The van der Waals surface area contributed by atoms with Crippen molar-refractivity contribution in [2.45, 2.75) is 51.8 Å². The number of furan rings is 1. The number of amides is 1. The number of nitrogens with two attached hydrogens (primary N) is 1. The number of hydrogen-bond donors (Lipinski definition) is 2. The molecule has 20 heavy (non-hydrogen) atoms. The third-order valence-electron chi connectivity index (χ3n) is 4.76. The van der Waals surface area contributed by atoms with E-state index in [1.165, 1.54) is 0 Å². The molecule has 1 aliphatic heterocycles. The average molecular weight is 278 g/mol. The highest BCUT2D eigenvalue weighted by atomic mass is 16.5. The van der Waals surface area contributed by atoms with Crippen LogP contribution in [0.1, 0.15) is 40.3 Å². The molecular weight excluding hydrogens is 256 g/mol. The van der Waals surface area contributed by atoms with Gasteiger partial charge in [0.25, 0.3) is 5.91 Å². The molecule has 2 heterocycles. The molecule has 2 aliphatic rings. The van der Waals surface area contributed by atoms with Crippen LogP contribution in [-0.4, -0.2) is 30.7 Å². The predicted molar refractivity (Wildman–Crippen MR) is 74.6 cm³/mol. The first-order valence-electron chi connectivity index (χ1n) is 7.25. The SMILES string of the molecule is Cc1oc(C)c(C(=O)NC2C(N)C3CCCOC32)c1C. The maximum atomic E-state index is 12.4. The van der Waals surface area contributed by atoms with Crippen LogP contribution in [0.5, 0.6) is 0 Å². The summed E-state index contributed by atoms with van der Waals surface area (Å²) in [6.07, 6.45) is 2.24. The van der Waals surface area contributed by atoms with Gasteiger partial charge in [-0.3, -0.25) is 4.79 Å². The quantitative estimate of drug-likeness (QED) is 0.858. The lowest BCUT2D eigenvalue weighted by Crippen LogP contribution is -2.72. The first-order chi connectivity index (χ1) is 9.50. The van der Waals surface area contributed by atoms with E-state index in [0.29, 0.717) is 17.2 Å². The summed E-state index contributed by atoms with van der Waals surface area (Å²) in [5.41, 5.74) is 7.70. The third kappa shape index (κ3) is 1.96. The van der Waals surface area contributed by atoms with Gasteiger partial charge in [0.05, 0.1) is 17.7 Å². The second kappa shape index (κ2) is 4.90. The molecule has 4 atom stereocenters. The van der Waals surface area contributed by atoms with Crippen LogP contribution in [0.2, 0.25) is 0 Å². The molecule has 1 aromatic rings. The normalized spacial score (nSPS) is 32.4. The Morgan fingerprint density at radius 2 is 2.05 bits per heavy atom. The van der Waals surface area contributed by atoms with Crippen molar-refractivity contribution in [2.24, 2.45) is 11.7 Å². The van der Waals surface area contributed by atoms with E-state index in [4.69, 9.17) is 14.9 Å². The van der Waals surface area contributed by atoms with E-state index in [0.717, 1.165) is 30.8 Å². The molecule has 1 saturated heterocycles. The van der Waals surface area contributed by atoms with E-state index < -0.39 is 0 Å². The smallest absolute Gasteiger partial charge is 0.255 e. The molecule has 110 valence electrons. The van der Waals surface area contributed by atoms with E-state index in [1.54, 1.807) is 0 Å². The van der Waals surface area contributed by atoms with Crippen molar-refractivity contribution in [3.8, 4) is 0 Å². The largest absolute Gasteiger partial charge is 0.466 e. The standard InChI is InChI=1S/C15H22N2O3/c1-7-8(2)20-9(3)11(7)15(18)17-13-12(16)10-5-4-6-19-14(10)13/h10,12-14H,4-6,16H2,1-3H3,(H,17,18). The molecule has 1 saturated carbocycles. The second-order valence-electron chi connectivity index (χ2n) is 5.93. The molecule has 5 heteroatoms. The molecule has 1 amide bonds. The monoisotopic (exact) mass is 278 g/mol. The number of hydrogen-bond acceptors (Lipinski definition) is 4. The van der Waals surface area contributed by atoms with Gasteiger partial charge in [-0.25, -0.2) is 0 Å². The number of rotatable bonds is 2. The summed E-state index contributed by atoms with van der Waals surface area (Å²) < 4.78 is 11.3. The zero-order valence-corrected chi connectivity index (χ0v) is 12.2. The Balaban J connectivity index is 1.73.